The molecular formula is C18H17Cl2NO4S. The number of hydrogen-bond donors (Lipinski definition) is 0. The van der Waals surface area contributed by atoms with Crippen molar-refractivity contribution in [3.8, 4) is 0 Å². The standard InChI is InChI=1S/C18H17Cl2NO4S/c19-14-5-3-13(4-6-14)12-25-18(22)17-2-1-11-21(17)26(23,24)16-9-7-15(20)8-10-16/h3-10,17H,1-2,11-12H2/t17-/m0/s1. The zero-order valence-electron chi connectivity index (χ0n) is 13.8. The first kappa shape index (κ1) is 19.2. The SMILES string of the molecule is O=C(OCc1ccc(Cl)cc1)[C@@H]1CCCN1S(=O)(=O)c1ccc(Cl)cc1. The minimum Gasteiger partial charge on any atom is -0.460 e. The average molecular weight is 414 g/mol. The van der Waals surface area contributed by atoms with Crippen LogP contribution in [0.25, 0.3) is 0 Å². The molecule has 0 bridgehead atoms. The summed E-state index contributed by atoms with van der Waals surface area (Å²) in [7, 11) is -3.78. The lowest BCUT2D eigenvalue weighted by Crippen LogP contribution is -2.41. The summed E-state index contributed by atoms with van der Waals surface area (Å²) >= 11 is 11.6. The Hall–Kier alpha value is -1.60. The zero-order valence-corrected chi connectivity index (χ0v) is 16.1. The van der Waals surface area contributed by atoms with Gasteiger partial charge in [0.1, 0.15) is 12.6 Å². The fourth-order valence-corrected chi connectivity index (χ4v) is 4.74. The van der Waals surface area contributed by atoms with Gasteiger partial charge >= 0.3 is 5.97 Å². The Labute approximate surface area is 162 Å². The van der Waals surface area contributed by atoms with Gasteiger partial charge in [0, 0.05) is 16.6 Å². The van der Waals surface area contributed by atoms with Gasteiger partial charge in [0.2, 0.25) is 10.0 Å². The van der Waals surface area contributed by atoms with Gasteiger partial charge in [-0.15, -0.1) is 0 Å². The molecule has 2 aromatic rings. The van der Waals surface area contributed by atoms with Gasteiger partial charge in [-0.25, -0.2) is 8.42 Å². The highest BCUT2D eigenvalue weighted by Gasteiger charge is 2.40. The van der Waals surface area contributed by atoms with Crippen molar-refractivity contribution in [3.05, 3.63) is 64.1 Å². The number of ether oxygens (including phenoxy) is 1. The predicted octanol–water partition coefficient (Wildman–Crippen LogP) is 3.89. The van der Waals surface area contributed by atoms with Gasteiger partial charge in [-0.1, -0.05) is 35.3 Å². The summed E-state index contributed by atoms with van der Waals surface area (Å²) in [4.78, 5) is 12.6. The minimum absolute atomic E-state index is 0.0708. The molecule has 0 saturated carbocycles. The molecule has 0 aliphatic carbocycles. The summed E-state index contributed by atoms with van der Waals surface area (Å²) < 4.78 is 32.2. The third-order valence-electron chi connectivity index (χ3n) is 4.19. The van der Waals surface area contributed by atoms with E-state index in [0.717, 1.165) is 5.56 Å². The summed E-state index contributed by atoms with van der Waals surface area (Å²) in [6, 6.07) is 12.0. The molecule has 0 N–H and O–H groups in total. The van der Waals surface area contributed by atoms with Crippen LogP contribution < -0.4 is 0 Å². The topological polar surface area (TPSA) is 63.7 Å². The van der Waals surface area contributed by atoms with Crippen LogP contribution in [-0.4, -0.2) is 31.3 Å². The van der Waals surface area contributed by atoms with Crippen LogP contribution in [0.15, 0.2) is 53.4 Å². The second-order valence-corrected chi connectivity index (χ2v) is 8.73. The molecule has 1 atom stereocenters. The molecule has 0 aromatic heterocycles. The predicted molar refractivity (Wildman–Crippen MR) is 99.6 cm³/mol. The van der Waals surface area contributed by atoms with E-state index in [1.54, 1.807) is 24.3 Å². The molecule has 0 radical (unpaired) electrons. The maximum absolute atomic E-state index is 12.8. The monoisotopic (exact) mass is 413 g/mol. The van der Waals surface area contributed by atoms with E-state index in [0.29, 0.717) is 22.9 Å². The lowest BCUT2D eigenvalue weighted by molar-refractivity contribution is -0.148. The number of sulfonamides is 1. The van der Waals surface area contributed by atoms with Gasteiger partial charge in [0.15, 0.2) is 0 Å². The normalized spacial score (nSPS) is 18.0. The van der Waals surface area contributed by atoms with Crippen molar-refractivity contribution in [2.24, 2.45) is 0 Å². The van der Waals surface area contributed by atoms with E-state index in [1.807, 2.05) is 0 Å². The lowest BCUT2D eigenvalue weighted by atomic mass is 10.2. The smallest absolute Gasteiger partial charge is 0.324 e. The van der Waals surface area contributed by atoms with Crippen molar-refractivity contribution < 1.29 is 17.9 Å². The van der Waals surface area contributed by atoms with E-state index in [1.165, 1.54) is 28.6 Å². The summed E-state index contributed by atoms with van der Waals surface area (Å²) in [6.45, 7) is 0.354. The molecule has 2 aromatic carbocycles. The average Bonchev–Trinajstić information content (AvgIpc) is 3.12. The van der Waals surface area contributed by atoms with E-state index >= 15 is 0 Å². The van der Waals surface area contributed by atoms with Gasteiger partial charge in [-0.2, -0.15) is 4.31 Å². The number of carbonyl (C=O) groups excluding carboxylic acids is 1. The van der Waals surface area contributed by atoms with Crippen molar-refractivity contribution in [3.63, 3.8) is 0 Å². The zero-order chi connectivity index (χ0) is 18.7. The Morgan fingerprint density at radius 1 is 1.04 bits per heavy atom. The Balaban J connectivity index is 1.71. The molecule has 0 amide bonds. The molecule has 26 heavy (non-hydrogen) atoms. The molecule has 1 heterocycles. The second-order valence-electron chi connectivity index (χ2n) is 5.96. The molecule has 5 nitrogen and oxygen atoms in total. The third kappa shape index (κ3) is 4.20. The molecule has 138 valence electrons. The van der Waals surface area contributed by atoms with Crippen molar-refractivity contribution >= 4 is 39.2 Å². The van der Waals surface area contributed by atoms with Crippen LogP contribution in [0.5, 0.6) is 0 Å². The Morgan fingerprint density at radius 3 is 2.23 bits per heavy atom. The molecule has 3 rings (SSSR count). The number of esters is 1. The number of benzene rings is 2. The summed E-state index contributed by atoms with van der Waals surface area (Å²) in [5.74, 6) is -0.546. The number of rotatable bonds is 5. The summed E-state index contributed by atoms with van der Waals surface area (Å²) in [5, 5.41) is 1.04. The van der Waals surface area contributed by atoms with Gasteiger partial charge in [-0.3, -0.25) is 4.79 Å². The highest BCUT2D eigenvalue weighted by molar-refractivity contribution is 7.89. The highest BCUT2D eigenvalue weighted by atomic mass is 35.5. The van der Waals surface area contributed by atoms with Crippen LogP contribution in [0, 0.1) is 0 Å². The quantitative estimate of drug-likeness (QED) is 0.697. The number of nitrogens with zero attached hydrogens (tertiary/aromatic N) is 1. The van der Waals surface area contributed by atoms with E-state index in [4.69, 9.17) is 27.9 Å². The van der Waals surface area contributed by atoms with Gasteiger partial charge in [0.25, 0.3) is 0 Å². The van der Waals surface area contributed by atoms with Crippen LogP contribution in [0.4, 0.5) is 0 Å². The Bertz CT molecular complexity index is 882. The van der Waals surface area contributed by atoms with E-state index in [9.17, 15) is 13.2 Å². The van der Waals surface area contributed by atoms with Gasteiger partial charge in [0.05, 0.1) is 4.90 Å². The second kappa shape index (κ2) is 7.96. The largest absolute Gasteiger partial charge is 0.460 e. The van der Waals surface area contributed by atoms with E-state index < -0.39 is 22.0 Å². The number of halogens is 2. The Kier molecular flexibility index (Phi) is 5.87. The van der Waals surface area contributed by atoms with Crippen LogP contribution in [0.3, 0.4) is 0 Å². The maximum atomic E-state index is 12.8. The van der Waals surface area contributed by atoms with Crippen LogP contribution in [0.1, 0.15) is 18.4 Å². The maximum Gasteiger partial charge on any atom is 0.324 e. The number of hydrogen-bond acceptors (Lipinski definition) is 4. The summed E-state index contributed by atoms with van der Waals surface area (Å²) in [6.07, 6.45) is 1.04. The van der Waals surface area contributed by atoms with E-state index in [-0.39, 0.29) is 18.0 Å². The first-order valence-corrected chi connectivity index (χ1v) is 10.3. The van der Waals surface area contributed by atoms with Gasteiger partial charge < -0.3 is 4.74 Å². The summed E-state index contributed by atoms with van der Waals surface area (Å²) in [5.41, 5.74) is 0.785. The first-order valence-electron chi connectivity index (χ1n) is 8.06. The highest BCUT2D eigenvalue weighted by Crippen LogP contribution is 2.27. The van der Waals surface area contributed by atoms with Crippen molar-refractivity contribution in [1.82, 2.24) is 4.31 Å². The Morgan fingerprint density at radius 2 is 1.62 bits per heavy atom. The van der Waals surface area contributed by atoms with E-state index in [2.05, 4.69) is 0 Å². The van der Waals surface area contributed by atoms with Crippen LogP contribution >= 0.6 is 23.2 Å². The molecule has 0 unspecified atom stereocenters. The van der Waals surface area contributed by atoms with Crippen LogP contribution in [0.2, 0.25) is 10.0 Å². The third-order valence-corrected chi connectivity index (χ3v) is 6.62. The molecule has 1 aliphatic rings. The minimum atomic E-state index is -3.78. The lowest BCUT2D eigenvalue weighted by Gasteiger charge is -2.22. The van der Waals surface area contributed by atoms with Crippen molar-refractivity contribution in [2.45, 2.75) is 30.4 Å². The molecule has 0 spiro atoms. The number of carbonyl (C=O) groups is 1. The molecule has 1 fully saturated rings. The molecular weight excluding hydrogens is 397 g/mol. The van der Waals surface area contributed by atoms with Crippen LogP contribution in [-0.2, 0) is 26.2 Å². The van der Waals surface area contributed by atoms with Gasteiger partial charge in [-0.05, 0) is 54.8 Å². The van der Waals surface area contributed by atoms with Crippen molar-refractivity contribution in [1.29, 1.82) is 0 Å². The molecule has 1 saturated heterocycles. The molecule has 1 aliphatic heterocycles. The van der Waals surface area contributed by atoms with Crippen molar-refractivity contribution in [2.75, 3.05) is 6.54 Å². The molecule has 8 heteroatoms. The fraction of sp³-hybridized carbons (Fsp3) is 0.278. The fourth-order valence-electron chi connectivity index (χ4n) is 2.84. The first-order chi connectivity index (χ1) is 12.4.